The van der Waals surface area contributed by atoms with Crippen LogP contribution in [-0.4, -0.2) is 22.8 Å². The molecule has 2 aromatic carbocycles. The molecule has 7 heteroatoms. The Morgan fingerprint density at radius 2 is 2.00 bits per heavy atom. The van der Waals surface area contributed by atoms with Crippen molar-refractivity contribution < 1.29 is 9.59 Å². The van der Waals surface area contributed by atoms with Gasteiger partial charge in [-0.25, -0.2) is 4.90 Å². The van der Waals surface area contributed by atoms with Gasteiger partial charge in [0.05, 0.1) is 17.1 Å². The molecule has 0 unspecified atom stereocenters. The van der Waals surface area contributed by atoms with Gasteiger partial charge in [0.25, 0.3) is 5.91 Å². The number of anilines is 2. The number of halogens is 2. The summed E-state index contributed by atoms with van der Waals surface area (Å²) in [7, 11) is 0. The topological polar surface area (TPSA) is 65.2 Å². The molecule has 4 rings (SSSR count). The van der Waals surface area contributed by atoms with Crippen molar-refractivity contribution in [2.75, 3.05) is 10.2 Å². The van der Waals surface area contributed by atoms with Crippen LogP contribution < -0.4 is 10.2 Å². The normalized spacial score (nSPS) is 17.5. The molecule has 0 spiro atoms. The predicted molar refractivity (Wildman–Crippen MR) is 102 cm³/mol. The summed E-state index contributed by atoms with van der Waals surface area (Å²) in [5, 5.41) is 4.59. The van der Waals surface area contributed by atoms with E-state index < -0.39 is 6.04 Å². The van der Waals surface area contributed by atoms with Crippen molar-refractivity contribution in [2.24, 2.45) is 0 Å². The number of aromatic amines is 1. The van der Waals surface area contributed by atoms with Gasteiger partial charge in [-0.05, 0) is 41.8 Å². The third-order valence-corrected chi connectivity index (χ3v) is 4.99. The summed E-state index contributed by atoms with van der Waals surface area (Å²) in [5.41, 5.74) is 2.16. The summed E-state index contributed by atoms with van der Waals surface area (Å²) in [5.74, 6) is -0.575. The number of nitrogens with zero attached hydrogens (tertiary/aromatic N) is 1. The monoisotopic (exact) mass is 417 g/mol. The van der Waals surface area contributed by atoms with Crippen molar-refractivity contribution in [3.8, 4) is 0 Å². The fourth-order valence-corrected chi connectivity index (χ4v) is 3.76. The number of H-pyrrole nitrogens is 1. The van der Waals surface area contributed by atoms with E-state index in [-0.39, 0.29) is 18.2 Å². The second-order valence-electron chi connectivity index (χ2n) is 5.84. The molecule has 5 nitrogen and oxygen atoms in total. The molecule has 0 bridgehead atoms. The van der Waals surface area contributed by atoms with Crippen LogP contribution in [0, 0.1) is 0 Å². The number of fused-ring (bicyclic) bond motifs is 1. The SMILES string of the molecule is O=C1C[C@@H](Nc2ccc3cc[nH]c3c2)C(=O)N1c1ccc(Br)cc1Cl. The van der Waals surface area contributed by atoms with E-state index in [9.17, 15) is 9.59 Å². The largest absolute Gasteiger partial charge is 0.373 e. The number of hydrogen-bond acceptors (Lipinski definition) is 3. The molecule has 126 valence electrons. The first-order valence-corrected chi connectivity index (χ1v) is 8.85. The van der Waals surface area contributed by atoms with Crippen LogP contribution in [0.4, 0.5) is 11.4 Å². The minimum Gasteiger partial charge on any atom is -0.373 e. The number of rotatable bonds is 3. The smallest absolute Gasteiger partial charge is 0.256 e. The van der Waals surface area contributed by atoms with Crippen LogP contribution in [0.15, 0.2) is 53.1 Å². The van der Waals surface area contributed by atoms with Crippen LogP contribution in [0.1, 0.15) is 6.42 Å². The molecule has 25 heavy (non-hydrogen) atoms. The Morgan fingerprint density at radius 3 is 2.80 bits per heavy atom. The van der Waals surface area contributed by atoms with E-state index in [1.165, 1.54) is 0 Å². The van der Waals surface area contributed by atoms with Gasteiger partial charge < -0.3 is 10.3 Å². The Labute approximate surface area is 157 Å². The van der Waals surface area contributed by atoms with Crippen LogP contribution in [0.2, 0.25) is 5.02 Å². The van der Waals surface area contributed by atoms with E-state index in [1.54, 1.807) is 18.2 Å². The Bertz CT molecular complexity index is 1000. The third kappa shape index (κ3) is 2.92. The maximum Gasteiger partial charge on any atom is 0.256 e. The van der Waals surface area contributed by atoms with Crippen LogP contribution in [0.5, 0.6) is 0 Å². The van der Waals surface area contributed by atoms with Gasteiger partial charge in [0.1, 0.15) is 6.04 Å². The molecular formula is C18H13BrClN3O2. The fourth-order valence-electron chi connectivity index (χ4n) is 3.00. The average molecular weight is 419 g/mol. The minimum absolute atomic E-state index is 0.0913. The zero-order valence-electron chi connectivity index (χ0n) is 12.9. The van der Waals surface area contributed by atoms with Crippen molar-refractivity contribution in [2.45, 2.75) is 12.5 Å². The number of carbonyl (C=O) groups excluding carboxylic acids is 2. The van der Waals surface area contributed by atoms with Gasteiger partial charge >= 0.3 is 0 Å². The van der Waals surface area contributed by atoms with E-state index in [4.69, 9.17) is 11.6 Å². The lowest BCUT2D eigenvalue weighted by molar-refractivity contribution is -0.121. The highest BCUT2D eigenvalue weighted by molar-refractivity contribution is 9.10. The van der Waals surface area contributed by atoms with Crippen LogP contribution in [0.3, 0.4) is 0 Å². The van der Waals surface area contributed by atoms with Gasteiger partial charge in [-0.15, -0.1) is 0 Å². The minimum atomic E-state index is -0.611. The third-order valence-electron chi connectivity index (χ3n) is 4.19. The van der Waals surface area contributed by atoms with Gasteiger partial charge in [0.2, 0.25) is 5.91 Å². The molecule has 0 saturated carbocycles. The zero-order valence-corrected chi connectivity index (χ0v) is 15.3. The second kappa shape index (κ2) is 6.20. The highest BCUT2D eigenvalue weighted by Gasteiger charge is 2.40. The first-order valence-electron chi connectivity index (χ1n) is 7.68. The number of aromatic nitrogens is 1. The van der Waals surface area contributed by atoms with E-state index in [0.29, 0.717) is 10.7 Å². The fraction of sp³-hybridized carbons (Fsp3) is 0.111. The number of amides is 2. The molecule has 2 N–H and O–H groups in total. The number of hydrogen-bond donors (Lipinski definition) is 2. The summed E-state index contributed by atoms with van der Waals surface area (Å²) in [4.78, 5) is 29.4. The van der Waals surface area contributed by atoms with Gasteiger partial charge in [-0.2, -0.15) is 0 Å². The highest BCUT2D eigenvalue weighted by atomic mass is 79.9. The number of carbonyl (C=O) groups is 2. The molecule has 1 aromatic heterocycles. The predicted octanol–water partition coefficient (Wildman–Crippen LogP) is 4.33. The summed E-state index contributed by atoms with van der Waals surface area (Å²) in [6.07, 6.45) is 1.95. The number of benzene rings is 2. The Morgan fingerprint density at radius 1 is 1.16 bits per heavy atom. The van der Waals surface area contributed by atoms with Gasteiger partial charge in [0, 0.05) is 21.9 Å². The summed E-state index contributed by atoms with van der Waals surface area (Å²) >= 11 is 9.52. The number of imide groups is 1. The maximum atomic E-state index is 12.7. The first kappa shape index (κ1) is 16.2. The zero-order chi connectivity index (χ0) is 17.6. The lowest BCUT2D eigenvalue weighted by Crippen LogP contribution is -2.35. The van der Waals surface area contributed by atoms with Gasteiger partial charge in [-0.3, -0.25) is 9.59 Å². The molecule has 1 fully saturated rings. The van der Waals surface area contributed by atoms with Crippen LogP contribution in [-0.2, 0) is 9.59 Å². The van der Waals surface area contributed by atoms with Crippen molar-refractivity contribution in [3.05, 3.63) is 58.2 Å². The van der Waals surface area contributed by atoms with Gasteiger partial charge in [0.15, 0.2) is 0 Å². The van der Waals surface area contributed by atoms with Crippen molar-refractivity contribution in [1.29, 1.82) is 0 Å². The molecule has 1 atom stereocenters. The van der Waals surface area contributed by atoms with E-state index in [2.05, 4.69) is 26.2 Å². The summed E-state index contributed by atoms with van der Waals surface area (Å²) < 4.78 is 0.786. The van der Waals surface area contributed by atoms with E-state index in [1.807, 2.05) is 30.5 Å². The Hall–Kier alpha value is -2.31. The Kier molecular flexibility index (Phi) is 4.01. The molecule has 0 radical (unpaired) electrons. The molecule has 1 saturated heterocycles. The van der Waals surface area contributed by atoms with E-state index in [0.717, 1.165) is 26.0 Å². The summed E-state index contributed by atoms with van der Waals surface area (Å²) in [6, 6.07) is 12.2. The first-order chi connectivity index (χ1) is 12.0. The lowest BCUT2D eigenvalue weighted by Gasteiger charge is -2.17. The van der Waals surface area contributed by atoms with Crippen molar-refractivity contribution >= 4 is 61.6 Å². The molecule has 1 aliphatic rings. The maximum absolute atomic E-state index is 12.7. The van der Waals surface area contributed by atoms with Crippen LogP contribution in [0.25, 0.3) is 10.9 Å². The quantitative estimate of drug-likeness (QED) is 0.622. The molecule has 2 heterocycles. The van der Waals surface area contributed by atoms with Gasteiger partial charge in [-0.1, -0.05) is 33.6 Å². The summed E-state index contributed by atoms with van der Waals surface area (Å²) in [6.45, 7) is 0. The highest BCUT2D eigenvalue weighted by Crippen LogP contribution is 2.33. The second-order valence-corrected chi connectivity index (χ2v) is 7.17. The van der Waals surface area contributed by atoms with E-state index >= 15 is 0 Å². The molecule has 1 aliphatic heterocycles. The standard InChI is InChI=1S/C18H13BrClN3O2/c19-11-2-4-16(13(20)7-11)23-17(24)9-15(18(23)25)22-12-3-1-10-5-6-21-14(10)8-12/h1-8,15,21-22H,9H2/t15-/m1/s1. The van der Waals surface area contributed by atoms with Crippen LogP contribution >= 0.6 is 27.5 Å². The molecule has 2 amide bonds. The van der Waals surface area contributed by atoms with Crippen molar-refractivity contribution in [1.82, 2.24) is 4.98 Å². The molecule has 3 aromatic rings. The van der Waals surface area contributed by atoms with Crippen molar-refractivity contribution in [3.63, 3.8) is 0 Å². The molecular weight excluding hydrogens is 406 g/mol. The Balaban J connectivity index is 1.60. The lowest BCUT2D eigenvalue weighted by atomic mass is 10.2. The number of nitrogens with one attached hydrogen (secondary N) is 2. The average Bonchev–Trinajstić information content (AvgIpc) is 3.13. The molecule has 0 aliphatic carbocycles.